The largest absolute Gasteiger partial charge is 0.379 e. The summed E-state index contributed by atoms with van der Waals surface area (Å²) < 4.78 is 10.6. The molecule has 1 heterocycles. The average Bonchev–Trinajstić information content (AvgIpc) is 2.63. The third-order valence-electron chi connectivity index (χ3n) is 2.41. The van der Waals surface area contributed by atoms with Gasteiger partial charge in [0, 0.05) is 13.2 Å². The second kappa shape index (κ2) is 9.71. The van der Waals surface area contributed by atoms with Gasteiger partial charge in [-0.05, 0) is 38.8 Å². The van der Waals surface area contributed by atoms with Crippen molar-refractivity contribution in [3.63, 3.8) is 0 Å². The lowest BCUT2D eigenvalue weighted by Gasteiger charge is -2.08. The molecule has 14 heavy (non-hydrogen) atoms. The molecule has 0 bridgehead atoms. The molecule has 0 spiro atoms. The van der Waals surface area contributed by atoms with Crippen LogP contribution in [0.3, 0.4) is 0 Å². The topological polar surface area (TPSA) is 30.5 Å². The standard InChI is InChI=1S/C10H21NO2.ClH/c1-2-12-7-8-13-6-4-10-3-5-11-9-10;/h10-11H,2-9H2,1H3;1H. The Morgan fingerprint density at radius 2 is 2.00 bits per heavy atom. The second-order valence-electron chi connectivity index (χ2n) is 3.46. The van der Waals surface area contributed by atoms with Crippen molar-refractivity contribution >= 4 is 12.4 Å². The maximum atomic E-state index is 5.44. The van der Waals surface area contributed by atoms with Gasteiger partial charge in [0.1, 0.15) is 0 Å². The quantitative estimate of drug-likeness (QED) is 0.663. The molecule has 1 N–H and O–H groups in total. The van der Waals surface area contributed by atoms with Gasteiger partial charge in [0.25, 0.3) is 0 Å². The van der Waals surface area contributed by atoms with Gasteiger partial charge in [-0.25, -0.2) is 0 Å². The van der Waals surface area contributed by atoms with Gasteiger partial charge >= 0.3 is 0 Å². The number of rotatable bonds is 7. The highest BCUT2D eigenvalue weighted by atomic mass is 35.5. The molecule has 1 aliphatic heterocycles. The first-order valence-corrected chi connectivity index (χ1v) is 5.29. The third-order valence-corrected chi connectivity index (χ3v) is 2.41. The van der Waals surface area contributed by atoms with E-state index in [0.717, 1.165) is 32.3 Å². The Balaban J connectivity index is 0.00000169. The van der Waals surface area contributed by atoms with E-state index in [4.69, 9.17) is 9.47 Å². The summed E-state index contributed by atoms with van der Waals surface area (Å²) in [5.41, 5.74) is 0. The van der Waals surface area contributed by atoms with E-state index < -0.39 is 0 Å². The van der Waals surface area contributed by atoms with Gasteiger partial charge in [0.15, 0.2) is 0 Å². The molecule has 0 saturated carbocycles. The molecular weight excluding hydrogens is 202 g/mol. The summed E-state index contributed by atoms with van der Waals surface area (Å²) in [4.78, 5) is 0. The summed E-state index contributed by atoms with van der Waals surface area (Å²) in [5.74, 6) is 0.840. The summed E-state index contributed by atoms with van der Waals surface area (Å²) in [5, 5.41) is 3.35. The van der Waals surface area contributed by atoms with E-state index in [1.54, 1.807) is 0 Å². The van der Waals surface area contributed by atoms with Crippen LogP contribution in [-0.2, 0) is 9.47 Å². The van der Waals surface area contributed by atoms with E-state index in [-0.39, 0.29) is 12.4 Å². The minimum Gasteiger partial charge on any atom is -0.379 e. The van der Waals surface area contributed by atoms with Crippen LogP contribution < -0.4 is 5.32 Å². The maximum Gasteiger partial charge on any atom is 0.0700 e. The summed E-state index contributed by atoms with van der Waals surface area (Å²) in [6, 6.07) is 0. The van der Waals surface area contributed by atoms with Crippen molar-refractivity contribution in [2.45, 2.75) is 19.8 Å². The third kappa shape index (κ3) is 6.60. The van der Waals surface area contributed by atoms with Crippen molar-refractivity contribution in [2.24, 2.45) is 5.92 Å². The van der Waals surface area contributed by atoms with Crippen LogP contribution in [0.15, 0.2) is 0 Å². The Morgan fingerprint density at radius 3 is 2.64 bits per heavy atom. The zero-order valence-electron chi connectivity index (χ0n) is 8.96. The van der Waals surface area contributed by atoms with E-state index in [9.17, 15) is 0 Å². The van der Waals surface area contributed by atoms with Crippen LogP contribution in [0.1, 0.15) is 19.8 Å². The van der Waals surface area contributed by atoms with Crippen LogP contribution in [0.5, 0.6) is 0 Å². The monoisotopic (exact) mass is 223 g/mol. The molecule has 0 aromatic carbocycles. The predicted molar refractivity (Wildman–Crippen MR) is 60.2 cm³/mol. The van der Waals surface area contributed by atoms with Gasteiger partial charge in [-0.3, -0.25) is 0 Å². The van der Waals surface area contributed by atoms with Gasteiger partial charge < -0.3 is 14.8 Å². The average molecular weight is 224 g/mol. The molecule has 0 aliphatic carbocycles. The van der Waals surface area contributed by atoms with Crippen LogP contribution >= 0.6 is 12.4 Å². The normalized spacial score (nSPS) is 20.8. The van der Waals surface area contributed by atoms with Crippen molar-refractivity contribution in [3.05, 3.63) is 0 Å². The summed E-state index contributed by atoms with van der Waals surface area (Å²) in [6.07, 6.45) is 2.51. The molecule has 1 atom stereocenters. The maximum absolute atomic E-state index is 5.44. The molecule has 0 aromatic heterocycles. The van der Waals surface area contributed by atoms with Crippen molar-refractivity contribution in [1.29, 1.82) is 0 Å². The molecule has 1 fully saturated rings. The lowest BCUT2D eigenvalue weighted by atomic mass is 10.1. The molecule has 1 saturated heterocycles. The predicted octanol–water partition coefficient (Wildman–Crippen LogP) is 1.46. The van der Waals surface area contributed by atoms with Gasteiger partial charge in [0.2, 0.25) is 0 Å². The van der Waals surface area contributed by atoms with Crippen LogP contribution in [0.4, 0.5) is 0 Å². The van der Waals surface area contributed by atoms with Crippen molar-refractivity contribution in [1.82, 2.24) is 5.32 Å². The molecule has 0 aromatic rings. The SMILES string of the molecule is CCOCCOCCC1CCNC1.Cl. The first-order valence-electron chi connectivity index (χ1n) is 5.29. The molecule has 3 nitrogen and oxygen atoms in total. The van der Waals surface area contributed by atoms with Crippen molar-refractivity contribution in [3.8, 4) is 0 Å². The van der Waals surface area contributed by atoms with Crippen molar-refractivity contribution < 1.29 is 9.47 Å². The van der Waals surface area contributed by atoms with E-state index in [0.29, 0.717) is 0 Å². The first kappa shape index (κ1) is 14.2. The van der Waals surface area contributed by atoms with Crippen LogP contribution in [0.25, 0.3) is 0 Å². The van der Waals surface area contributed by atoms with E-state index in [1.807, 2.05) is 6.92 Å². The highest BCUT2D eigenvalue weighted by molar-refractivity contribution is 5.85. The molecule has 0 radical (unpaired) electrons. The highest BCUT2D eigenvalue weighted by Gasteiger charge is 2.13. The Morgan fingerprint density at radius 1 is 1.21 bits per heavy atom. The van der Waals surface area contributed by atoms with Gasteiger partial charge in [-0.2, -0.15) is 0 Å². The Labute approximate surface area is 92.9 Å². The Hall–Kier alpha value is 0.170. The van der Waals surface area contributed by atoms with E-state index >= 15 is 0 Å². The molecule has 1 rings (SSSR count). The molecule has 4 heteroatoms. The number of ether oxygens (including phenoxy) is 2. The molecular formula is C10H22ClNO2. The van der Waals surface area contributed by atoms with Crippen LogP contribution in [0, 0.1) is 5.92 Å². The molecule has 1 unspecified atom stereocenters. The highest BCUT2D eigenvalue weighted by Crippen LogP contribution is 2.11. The Kier molecular flexibility index (Phi) is 9.83. The minimum absolute atomic E-state index is 0. The minimum atomic E-state index is 0. The molecule has 86 valence electrons. The lowest BCUT2D eigenvalue weighted by Crippen LogP contribution is -2.12. The fourth-order valence-electron chi connectivity index (χ4n) is 1.58. The van der Waals surface area contributed by atoms with E-state index in [1.165, 1.54) is 25.9 Å². The summed E-state index contributed by atoms with van der Waals surface area (Å²) in [6.45, 7) is 7.52. The van der Waals surface area contributed by atoms with Gasteiger partial charge in [0.05, 0.1) is 13.2 Å². The van der Waals surface area contributed by atoms with Crippen LogP contribution in [0.2, 0.25) is 0 Å². The van der Waals surface area contributed by atoms with Crippen molar-refractivity contribution in [2.75, 3.05) is 39.5 Å². The smallest absolute Gasteiger partial charge is 0.0700 e. The Bertz CT molecular complexity index is 119. The number of halogens is 1. The van der Waals surface area contributed by atoms with Gasteiger partial charge in [-0.1, -0.05) is 0 Å². The second-order valence-corrected chi connectivity index (χ2v) is 3.46. The van der Waals surface area contributed by atoms with Gasteiger partial charge in [-0.15, -0.1) is 12.4 Å². The summed E-state index contributed by atoms with van der Waals surface area (Å²) in [7, 11) is 0. The number of hydrogen-bond acceptors (Lipinski definition) is 3. The number of hydrogen-bond donors (Lipinski definition) is 1. The zero-order valence-corrected chi connectivity index (χ0v) is 9.78. The number of nitrogens with one attached hydrogen (secondary N) is 1. The van der Waals surface area contributed by atoms with E-state index in [2.05, 4.69) is 5.32 Å². The first-order chi connectivity index (χ1) is 6.43. The zero-order chi connectivity index (χ0) is 9.36. The molecule has 1 aliphatic rings. The fraction of sp³-hybridized carbons (Fsp3) is 1.00. The fourth-order valence-corrected chi connectivity index (χ4v) is 1.58. The molecule has 0 amide bonds. The van der Waals surface area contributed by atoms with Crippen LogP contribution in [-0.4, -0.2) is 39.5 Å². The lowest BCUT2D eigenvalue weighted by molar-refractivity contribution is 0.0482. The summed E-state index contributed by atoms with van der Waals surface area (Å²) >= 11 is 0.